The molecule has 0 aliphatic rings. The van der Waals surface area contributed by atoms with Crippen LogP contribution in [0.2, 0.25) is 0 Å². The fourth-order valence-electron chi connectivity index (χ4n) is 4.50. The zero-order chi connectivity index (χ0) is 28.6. The summed E-state index contributed by atoms with van der Waals surface area (Å²) in [4.78, 5) is 30.1. The lowest BCUT2D eigenvalue weighted by Crippen LogP contribution is -2.23. The first kappa shape index (κ1) is 28.1. The number of primary amides is 1. The Labute approximate surface area is 229 Å². The van der Waals surface area contributed by atoms with E-state index in [2.05, 4.69) is 22.2 Å². The van der Waals surface area contributed by atoms with Crippen molar-refractivity contribution < 1.29 is 22.8 Å². The maximum atomic E-state index is 13.5. The third-order valence-corrected chi connectivity index (χ3v) is 6.37. The van der Waals surface area contributed by atoms with Gasteiger partial charge in [-0.25, -0.2) is 13.2 Å². The van der Waals surface area contributed by atoms with Gasteiger partial charge in [0.25, 0.3) is 0 Å². The molecule has 2 heterocycles. The number of nitrogens with one attached hydrogen (secondary N) is 2. The fraction of sp³-hybridized carbons (Fsp3) is 0.129. The molecule has 0 bridgehead atoms. The number of carbonyl (C=O) groups excluding carboxylic acids is 2. The van der Waals surface area contributed by atoms with Gasteiger partial charge >= 0.3 is 0 Å². The Bertz CT molecular complexity index is 1630. The number of hydrogen-bond acceptors (Lipinski definition) is 3. The summed E-state index contributed by atoms with van der Waals surface area (Å²) in [5.41, 5.74) is 10.1. The Morgan fingerprint density at radius 2 is 1.77 bits per heavy atom. The van der Waals surface area contributed by atoms with Gasteiger partial charge in [0.2, 0.25) is 12.3 Å². The normalized spacial score (nSPS) is 11.4. The number of aryl methyl sites for hydroxylation is 1. The first-order valence-electron chi connectivity index (χ1n) is 12.5. The van der Waals surface area contributed by atoms with Gasteiger partial charge in [-0.15, -0.1) is 0 Å². The van der Waals surface area contributed by atoms with E-state index in [0.29, 0.717) is 34.4 Å². The molecule has 204 valence electrons. The highest BCUT2D eigenvalue weighted by molar-refractivity contribution is 5.94. The summed E-state index contributed by atoms with van der Waals surface area (Å²) < 4.78 is 39.9. The molecule has 0 saturated heterocycles. The predicted octanol–water partition coefficient (Wildman–Crippen LogP) is 6.02. The number of amides is 2. The summed E-state index contributed by atoms with van der Waals surface area (Å²) >= 11 is 0. The van der Waals surface area contributed by atoms with Crippen molar-refractivity contribution in [3.63, 3.8) is 0 Å². The second-order valence-corrected chi connectivity index (χ2v) is 9.06. The number of aromatic nitrogens is 2. The van der Waals surface area contributed by atoms with Crippen molar-refractivity contribution in [2.45, 2.75) is 25.8 Å². The molecule has 5 rings (SSSR count). The predicted molar refractivity (Wildman–Crippen MR) is 148 cm³/mol. The number of H-pyrrole nitrogens is 1. The van der Waals surface area contributed by atoms with E-state index < -0.39 is 23.6 Å². The number of benzene rings is 3. The maximum Gasteiger partial charge on any atom is 0.248 e. The highest BCUT2D eigenvalue weighted by Gasteiger charge is 2.19. The van der Waals surface area contributed by atoms with Crippen LogP contribution in [0.25, 0.3) is 22.0 Å². The third kappa shape index (κ3) is 6.74. The number of fused-ring (bicyclic) bond motifs is 1. The van der Waals surface area contributed by atoms with Gasteiger partial charge in [-0.3, -0.25) is 14.6 Å². The van der Waals surface area contributed by atoms with E-state index in [0.717, 1.165) is 23.4 Å². The Morgan fingerprint density at radius 3 is 2.48 bits per heavy atom. The molecule has 9 heteroatoms. The molecule has 1 unspecified atom stereocenters. The Hall–Kier alpha value is -4.92. The minimum atomic E-state index is -0.699. The zero-order valence-electron chi connectivity index (χ0n) is 21.6. The van der Waals surface area contributed by atoms with Crippen LogP contribution in [0.4, 0.5) is 13.2 Å². The lowest BCUT2D eigenvalue weighted by atomic mass is 9.94. The summed E-state index contributed by atoms with van der Waals surface area (Å²) in [5.74, 6) is -2.13. The van der Waals surface area contributed by atoms with Crippen LogP contribution in [-0.2, 0) is 17.6 Å². The van der Waals surface area contributed by atoms with Crippen molar-refractivity contribution in [3.8, 4) is 11.1 Å². The van der Waals surface area contributed by atoms with Crippen molar-refractivity contribution in [3.05, 3.63) is 125 Å². The van der Waals surface area contributed by atoms with Gasteiger partial charge in [0.05, 0.1) is 11.7 Å². The molecule has 2 amide bonds. The largest absolute Gasteiger partial charge is 0.366 e. The number of halogens is 3. The minimum absolute atomic E-state index is 0.132. The van der Waals surface area contributed by atoms with Crippen molar-refractivity contribution in [1.29, 1.82) is 0 Å². The molecule has 1 atom stereocenters. The lowest BCUT2D eigenvalue weighted by molar-refractivity contribution is -0.110. The highest BCUT2D eigenvalue weighted by Crippen LogP contribution is 2.29. The van der Waals surface area contributed by atoms with Crippen LogP contribution in [-0.4, -0.2) is 22.3 Å². The molecule has 0 saturated carbocycles. The van der Waals surface area contributed by atoms with Crippen molar-refractivity contribution >= 4 is 23.2 Å². The second kappa shape index (κ2) is 12.8. The van der Waals surface area contributed by atoms with Gasteiger partial charge in [0, 0.05) is 40.5 Å². The molecular formula is C31H27F3N4O2. The van der Waals surface area contributed by atoms with Crippen LogP contribution in [0.1, 0.15) is 40.1 Å². The van der Waals surface area contributed by atoms with E-state index >= 15 is 0 Å². The molecule has 0 aliphatic heterocycles. The van der Waals surface area contributed by atoms with Gasteiger partial charge in [0.1, 0.15) is 17.5 Å². The number of nitrogens with zero attached hydrogens (tertiary/aromatic N) is 1. The van der Waals surface area contributed by atoms with Gasteiger partial charge < -0.3 is 16.0 Å². The SMILES string of the molecule is CCc1c[nH]c2ccc(F)cc12.NC(=O)c1cccc(-c2cccnc2C(Cc2cc(F)cc(F)c2)NC=O)c1. The molecule has 3 aromatic carbocycles. The van der Waals surface area contributed by atoms with Crippen LogP contribution in [0.5, 0.6) is 0 Å². The number of aromatic amines is 1. The minimum Gasteiger partial charge on any atom is -0.366 e. The summed E-state index contributed by atoms with van der Waals surface area (Å²) in [5, 5.41) is 3.65. The number of hydrogen-bond donors (Lipinski definition) is 3. The van der Waals surface area contributed by atoms with Crippen LogP contribution < -0.4 is 11.1 Å². The Morgan fingerprint density at radius 1 is 1.00 bits per heavy atom. The van der Waals surface area contributed by atoms with E-state index in [1.54, 1.807) is 54.7 Å². The van der Waals surface area contributed by atoms with Gasteiger partial charge in [-0.2, -0.15) is 0 Å². The van der Waals surface area contributed by atoms with Crippen LogP contribution in [0, 0.1) is 17.5 Å². The van der Waals surface area contributed by atoms with Crippen molar-refractivity contribution in [1.82, 2.24) is 15.3 Å². The molecule has 40 heavy (non-hydrogen) atoms. The average molecular weight is 545 g/mol. The van der Waals surface area contributed by atoms with Crippen LogP contribution >= 0.6 is 0 Å². The number of rotatable bonds is 8. The number of nitrogens with two attached hydrogens (primary N) is 1. The summed E-state index contributed by atoms with van der Waals surface area (Å²) in [6.07, 6.45) is 5.07. The highest BCUT2D eigenvalue weighted by atomic mass is 19.1. The molecule has 0 fully saturated rings. The Kier molecular flexibility index (Phi) is 8.96. The topological polar surface area (TPSA) is 101 Å². The monoisotopic (exact) mass is 544 g/mol. The van der Waals surface area contributed by atoms with Crippen LogP contribution in [0.15, 0.2) is 85.2 Å². The van der Waals surface area contributed by atoms with E-state index in [1.807, 2.05) is 6.20 Å². The molecule has 0 spiro atoms. The van der Waals surface area contributed by atoms with Gasteiger partial charge in [0.15, 0.2) is 0 Å². The zero-order valence-corrected chi connectivity index (χ0v) is 21.6. The fourth-order valence-corrected chi connectivity index (χ4v) is 4.50. The van der Waals surface area contributed by atoms with Gasteiger partial charge in [-0.1, -0.05) is 25.1 Å². The van der Waals surface area contributed by atoms with E-state index in [9.17, 15) is 22.8 Å². The summed E-state index contributed by atoms with van der Waals surface area (Å²) in [6, 6.07) is 17.6. The third-order valence-electron chi connectivity index (χ3n) is 6.37. The van der Waals surface area contributed by atoms with E-state index in [-0.39, 0.29) is 12.2 Å². The number of pyridine rings is 1. The Balaban J connectivity index is 0.000000255. The average Bonchev–Trinajstić information content (AvgIpc) is 3.35. The molecular weight excluding hydrogens is 517 g/mol. The van der Waals surface area contributed by atoms with Crippen LogP contribution in [0.3, 0.4) is 0 Å². The summed E-state index contributed by atoms with van der Waals surface area (Å²) in [6.45, 7) is 2.06. The lowest BCUT2D eigenvalue weighted by Gasteiger charge is -2.19. The van der Waals surface area contributed by atoms with E-state index in [1.165, 1.54) is 23.8 Å². The molecule has 2 aromatic heterocycles. The first-order chi connectivity index (χ1) is 19.3. The smallest absolute Gasteiger partial charge is 0.248 e. The van der Waals surface area contributed by atoms with Crippen molar-refractivity contribution in [2.75, 3.05) is 0 Å². The molecule has 0 radical (unpaired) electrons. The van der Waals surface area contributed by atoms with Crippen molar-refractivity contribution in [2.24, 2.45) is 5.73 Å². The quantitative estimate of drug-likeness (QED) is 0.208. The maximum absolute atomic E-state index is 13.5. The number of carbonyl (C=O) groups is 2. The summed E-state index contributed by atoms with van der Waals surface area (Å²) in [7, 11) is 0. The molecule has 0 aliphatic carbocycles. The molecule has 5 aromatic rings. The van der Waals surface area contributed by atoms with E-state index in [4.69, 9.17) is 5.73 Å². The molecule has 6 nitrogen and oxygen atoms in total. The van der Waals surface area contributed by atoms with Gasteiger partial charge in [-0.05, 0) is 78.1 Å². The standard InChI is InChI=1S/C21H17F2N3O2.C10H10FN/c22-16-7-13(8-17(23)11-16)9-19(26-12-27)20-18(5-2-6-25-20)14-3-1-4-15(10-14)21(24)28;1-2-7-6-12-10-4-3-8(11)5-9(7)10/h1-8,10-12,19H,9H2,(H2,24,28)(H,26,27);3-6,12H,2H2,1H3. The second-order valence-electron chi connectivity index (χ2n) is 9.06. The first-order valence-corrected chi connectivity index (χ1v) is 12.5. The molecule has 4 N–H and O–H groups in total.